The van der Waals surface area contributed by atoms with Gasteiger partial charge in [-0.1, -0.05) is 0 Å². The Morgan fingerprint density at radius 3 is 2.90 bits per heavy atom. The van der Waals surface area contributed by atoms with Gasteiger partial charge in [-0.3, -0.25) is 14.4 Å². The molecule has 1 aliphatic heterocycles. The second-order valence-electron chi connectivity index (χ2n) is 5.12. The normalized spacial score (nSPS) is 20.3. The molecule has 1 aromatic rings. The number of aryl methyl sites for hydroxylation is 1. The van der Waals surface area contributed by atoms with E-state index in [0.29, 0.717) is 31.6 Å². The van der Waals surface area contributed by atoms with Crippen molar-refractivity contribution in [1.82, 2.24) is 20.0 Å². The van der Waals surface area contributed by atoms with Gasteiger partial charge in [0.2, 0.25) is 0 Å². The minimum absolute atomic E-state index is 0.0676. The molecule has 1 aliphatic rings. The molecule has 2 heterocycles. The number of nitrogens with one attached hydrogen (secondary N) is 1. The molecule has 20 heavy (non-hydrogen) atoms. The lowest BCUT2D eigenvalue weighted by Crippen LogP contribution is -2.34. The summed E-state index contributed by atoms with van der Waals surface area (Å²) in [5.41, 5.74) is 0.456. The third kappa shape index (κ3) is 4.22. The molecule has 1 atom stereocenters. The number of alkyl halides is 3. The number of carbonyl (C=O) groups is 1. The van der Waals surface area contributed by atoms with Gasteiger partial charge in [0, 0.05) is 26.3 Å². The van der Waals surface area contributed by atoms with E-state index in [1.807, 2.05) is 0 Å². The molecule has 5 nitrogen and oxygen atoms in total. The molecule has 0 bridgehead atoms. The quantitative estimate of drug-likeness (QED) is 0.901. The molecule has 1 aromatic heterocycles. The minimum Gasteiger partial charge on any atom is -0.352 e. The fourth-order valence-corrected chi connectivity index (χ4v) is 2.35. The van der Waals surface area contributed by atoms with Crippen LogP contribution >= 0.6 is 0 Å². The van der Waals surface area contributed by atoms with E-state index in [1.165, 1.54) is 15.8 Å². The maximum Gasteiger partial charge on any atom is 0.401 e. The molecular weight excluding hydrogens is 273 g/mol. The van der Waals surface area contributed by atoms with Crippen LogP contribution in [0.15, 0.2) is 12.4 Å². The van der Waals surface area contributed by atoms with E-state index in [9.17, 15) is 18.0 Å². The Morgan fingerprint density at radius 1 is 1.55 bits per heavy atom. The van der Waals surface area contributed by atoms with Gasteiger partial charge in [-0.05, 0) is 18.9 Å². The van der Waals surface area contributed by atoms with Gasteiger partial charge in [-0.25, -0.2) is 0 Å². The molecule has 0 aromatic carbocycles. The second kappa shape index (κ2) is 5.82. The van der Waals surface area contributed by atoms with E-state index >= 15 is 0 Å². The van der Waals surface area contributed by atoms with E-state index in [0.717, 1.165) is 0 Å². The van der Waals surface area contributed by atoms with Crippen molar-refractivity contribution in [3.8, 4) is 0 Å². The molecule has 1 fully saturated rings. The summed E-state index contributed by atoms with van der Waals surface area (Å²) in [6.45, 7) is 0.307. The van der Waals surface area contributed by atoms with Crippen LogP contribution < -0.4 is 5.32 Å². The van der Waals surface area contributed by atoms with Crippen molar-refractivity contribution in [2.75, 3.05) is 26.2 Å². The van der Waals surface area contributed by atoms with Crippen LogP contribution in [0.1, 0.15) is 16.8 Å². The van der Waals surface area contributed by atoms with Crippen LogP contribution in [0.2, 0.25) is 0 Å². The number of likely N-dealkylation sites (tertiary alicyclic amines) is 1. The summed E-state index contributed by atoms with van der Waals surface area (Å²) < 4.78 is 38.3. The first-order valence-corrected chi connectivity index (χ1v) is 6.39. The molecule has 1 amide bonds. The highest BCUT2D eigenvalue weighted by molar-refractivity contribution is 5.93. The summed E-state index contributed by atoms with van der Waals surface area (Å²) in [7, 11) is 1.71. The fourth-order valence-electron chi connectivity index (χ4n) is 2.35. The van der Waals surface area contributed by atoms with Crippen LogP contribution in [0.3, 0.4) is 0 Å². The predicted octanol–water partition coefficient (Wildman–Crippen LogP) is 1.03. The van der Waals surface area contributed by atoms with E-state index in [2.05, 4.69) is 10.4 Å². The first-order chi connectivity index (χ1) is 9.33. The number of aromatic nitrogens is 2. The number of hydrogen-bond donors (Lipinski definition) is 1. The smallest absolute Gasteiger partial charge is 0.352 e. The van der Waals surface area contributed by atoms with Gasteiger partial charge in [0.25, 0.3) is 5.91 Å². The zero-order chi connectivity index (χ0) is 14.8. The van der Waals surface area contributed by atoms with Gasteiger partial charge in [-0.2, -0.15) is 18.3 Å². The second-order valence-corrected chi connectivity index (χ2v) is 5.12. The molecule has 0 saturated carbocycles. The van der Waals surface area contributed by atoms with E-state index < -0.39 is 12.7 Å². The Kier molecular flexibility index (Phi) is 4.32. The molecule has 1 saturated heterocycles. The summed E-state index contributed by atoms with van der Waals surface area (Å²) in [6, 6.07) is 0. The number of hydrogen-bond acceptors (Lipinski definition) is 3. The van der Waals surface area contributed by atoms with Gasteiger partial charge >= 0.3 is 6.18 Å². The molecule has 112 valence electrons. The first kappa shape index (κ1) is 14.8. The van der Waals surface area contributed by atoms with Crippen LogP contribution in [-0.4, -0.2) is 52.9 Å². The Balaban J connectivity index is 1.74. The number of rotatable bonds is 4. The number of nitrogens with zero attached hydrogens (tertiary/aromatic N) is 3. The SMILES string of the molecule is Cn1cc(C(=O)NC[C@@H]2CCN(CC(F)(F)F)C2)cn1. The Bertz CT molecular complexity index is 472. The fraction of sp³-hybridized carbons (Fsp3) is 0.667. The maximum absolute atomic E-state index is 12.3. The average molecular weight is 290 g/mol. The lowest BCUT2D eigenvalue weighted by Gasteiger charge is -2.17. The molecule has 0 unspecified atom stereocenters. The molecule has 1 N–H and O–H groups in total. The van der Waals surface area contributed by atoms with Gasteiger partial charge in [0.1, 0.15) is 0 Å². The lowest BCUT2D eigenvalue weighted by atomic mass is 10.1. The van der Waals surface area contributed by atoms with E-state index in [4.69, 9.17) is 0 Å². The monoisotopic (exact) mass is 290 g/mol. The Labute approximate surface area is 114 Å². The van der Waals surface area contributed by atoms with Crippen molar-refractivity contribution < 1.29 is 18.0 Å². The lowest BCUT2D eigenvalue weighted by molar-refractivity contribution is -0.143. The summed E-state index contributed by atoms with van der Waals surface area (Å²) in [5.74, 6) is -0.176. The summed E-state index contributed by atoms with van der Waals surface area (Å²) in [6.07, 6.45) is -0.433. The van der Waals surface area contributed by atoms with Crippen LogP contribution in [0, 0.1) is 5.92 Å². The summed E-state index contributed by atoms with van der Waals surface area (Å²) >= 11 is 0. The highest BCUT2D eigenvalue weighted by Gasteiger charge is 2.34. The minimum atomic E-state index is -4.16. The molecular formula is C12H17F3N4O. The van der Waals surface area contributed by atoms with Crippen LogP contribution in [-0.2, 0) is 7.05 Å². The van der Waals surface area contributed by atoms with Gasteiger partial charge in [-0.15, -0.1) is 0 Å². The maximum atomic E-state index is 12.3. The third-order valence-corrected chi connectivity index (χ3v) is 3.29. The van der Waals surface area contributed by atoms with Crippen molar-refractivity contribution in [1.29, 1.82) is 0 Å². The zero-order valence-corrected chi connectivity index (χ0v) is 11.2. The van der Waals surface area contributed by atoms with Crippen molar-refractivity contribution in [2.24, 2.45) is 13.0 Å². The van der Waals surface area contributed by atoms with Gasteiger partial charge in [0.05, 0.1) is 18.3 Å². The summed E-state index contributed by atoms with van der Waals surface area (Å²) in [5, 5.41) is 6.63. The van der Waals surface area contributed by atoms with E-state index in [-0.39, 0.29) is 11.8 Å². The average Bonchev–Trinajstić information content (AvgIpc) is 2.93. The highest BCUT2D eigenvalue weighted by Crippen LogP contribution is 2.22. The molecule has 0 spiro atoms. The third-order valence-electron chi connectivity index (χ3n) is 3.29. The summed E-state index contributed by atoms with van der Waals surface area (Å²) in [4.78, 5) is 13.1. The zero-order valence-electron chi connectivity index (χ0n) is 11.2. The van der Waals surface area contributed by atoms with Crippen molar-refractivity contribution in [3.05, 3.63) is 18.0 Å². The molecule has 0 aliphatic carbocycles. The predicted molar refractivity (Wildman–Crippen MR) is 66.1 cm³/mol. The standard InChI is InChI=1S/C12H17F3N4O/c1-18-7-10(5-17-18)11(20)16-4-9-2-3-19(6-9)8-12(13,14)15/h5,7,9H,2-4,6,8H2,1H3,(H,16,20)/t9-/m0/s1. The first-order valence-electron chi connectivity index (χ1n) is 6.39. The van der Waals surface area contributed by atoms with E-state index in [1.54, 1.807) is 13.2 Å². The Morgan fingerprint density at radius 2 is 2.30 bits per heavy atom. The van der Waals surface area contributed by atoms with Crippen LogP contribution in [0.25, 0.3) is 0 Å². The molecule has 8 heteroatoms. The molecule has 0 radical (unpaired) electrons. The number of halogens is 3. The van der Waals surface area contributed by atoms with Crippen molar-refractivity contribution in [2.45, 2.75) is 12.6 Å². The largest absolute Gasteiger partial charge is 0.401 e. The van der Waals surface area contributed by atoms with Crippen molar-refractivity contribution in [3.63, 3.8) is 0 Å². The number of carbonyl (C=O) groups excluding carboxylic acids is 1. The van der Waals surface area contributed by atoms with Crippen molar-refractivity contribution >= 4 is 5.91 Å². The van der Waals surface area contributed by atoms with Crippen LogP contribution in [0.5, 0.6) is 0 Å². The Hall–Kier alpha value is -1.57. The number of amides is 1. The van der Waals surface area contributed by atoms with Gasteiger partial charge < -0.3 is 5.32 Å². The van der Waals surface area contributed by atoms with Gasteiger partial charge in [0.15, 0.2) is 0 Å². The van der Waals surface area contributed by atoms with Crippen LogP contribution in [0.4, 0.5) is 13.2 Å². The molecule has 2 rings (SSSR count). The highest BCUT2D eigenvalue weighted by atomic mass is 19.4. The topological polar surface area (TPSA) is 50.2 Å².